The van der Waals surface area contributed by atoms with Crippen molar-refractivity contribution in [3.8, 4) is 0 Å². The summed E-state index contributed by atoms with van der Waals surface area (Å²) in [5.74, 6) is 0. The molecule has 0 atom stereocenters. The molecule has 1 aromatic rings. The summed E-state index contributed by atoms with van der Waals surface area (Å²) in [4.78, 5) is 16.5. The molecular formula is C10H10Cl3NO3. The Hall–Kier alpha value is -0.680. The zero-order valence-corrected chi connectivity index (χ0v) is 11.2. The minimum atomic E-state index is -1.65. The summed E-state index contributed by atoms with van der Waals surface area (Å²) in [5.41, 5.74) is 0.518. The predicted molar refractivity (Wildman–Crippen MR) is 67.6 cm³/mol. The van der Waals surface area contributed by atoms with Gasteiger partial charge in [-0.25, -0.2) is 4.79 Å². The van der Waals surface area contributed by atoms with Gasteiger partial charge in [0.05, 0.1) is 12.8 Å². The third kappa shape index (κ3) is 5.00. The second-order valence-corrected chi connectivity index (χ2v) is 5.50. The number of halogens is 3. The maximum atomic E-state index is 11.6. The van der Waals surface area contributed by atoms with Crippen molar-refractivity contribution in [3.63, 3.8) is 0 Å². The van der Waals surface area contributed by atoms with Crippen LogP contribution in [0.3, 0.4) is 0 Å². The molecule has 0 fully saturated rings. The van der Waals surface area contributed by atoms with E-state index in [1.807, 2.05) is 6.07 Å². The van der Waals surface area contributed by atoms with Crippen molar-refractivity contribution in [3.05, 3.63) is 30.3 Å². The fraction of sp³-hybridized carbons (Fsp3) is 0.300. The lowest BCUT2D eigenvalue weighted by Gasteiger charge is -2.20. The van der Waals surface area contributed by atoms with Crippen molar-refractivity contribution < 1.29 is 14.4 Å². The third-order valence-electron chi connectivity index (χ3n) is 1.70. The van der Waals surface area contributed by atoms with Gasteiger partial charge >= 0.3 is 6.09 Å². The largest absolute Gasteiger partial charge is 0.443 e. The maximum Gasteiger partial charge on any atom is 0.438 e. The van der Waals surface area contributed by atoms with Crippen molar-refractivity contribution >= 4 is 46.6 Å². The molecule has 0 N–H and O–H groups in total. The van der Waals surface area contributed by atoms with Gasteiger partial charge in [0.2, 0.25) is 3.79 Å². The van der Waals surface area contributed by atoms with Gasteiger partial charge in [0, 0.05) is 0 Å². The highest BCUT2D eigenvalue weighted by Crippen LogP contribution is 2.26. The Bertz CT molecular complexity index is 367. The van der Waals surface area contributed by atoms with Crippen LogP contribution >= 0.6 is 34.8 Å². The fourth-order valence-electron chi connectivity index (χ4n) is 1.05. The predicted octanol–water partition coefficient (Wildman–Crippen LogP) is 3.56. The Labute approximate surface area is 114 Å². The lowest BCUT2D eigenvalue weighted by atomic mass is 10.3. The molecule has 1 amide bonds. The molecule has 7 heteroatoms. The summed E-state index contributed by atoms with van der Waals surface area (Å²) >= 11 is 16.4. The van der Waals surface area contributed by atoms with Crippen LogP contribution in [0.1, 0.15) is 0 Å². The molecule has 0 radical (unpaired) electrons. The van der Waals surface area contributed by atoms with Crippen molar-refractivity contribution in [2.75, 3.05) is 18.8 Å². The molecule has 0 aliphatic carbocycles. The molecule has 1 aromatic carbocycles. The maximum absolute atomic E-state index is 11.6. The summed E-state index contributed by atoms with van der Waals surface area (Å²) in [7, 11) is 1.34. The van der Waals surface area contributed by atoms with Crippen LogP contribution in [0.5, 0.6) is 0 Å². The van der Waals surface area contributed by atoms with E-state index in [1.165, 1.54) is 7.11 Å². The SMILES string of the molecule is CON(C(=O)OCC(Cl)(Cl)Cl)c1ccccc1. The van der Waals surface area contributed by atoms with Gasteiger partial charge in [-0.15, -0.1) is 0 Å². The lowest BCUT2D eigenvalue weighted by molar-refractivity contribution is 0.101. The van der Waals surface area contributed by atoms with Crippen LogP contribution in [0, 0.1) is 0 Å². The minimum Gasteiger partial charge on any atom is -0.443 e. The Morgan fingerprint density at radius 3 is 2.35 bits per heavy atom. The first-order valence-corrected chi connectivity index (χ1v) is 5.70. The van der Waals surface area contributed by atoms with Gasteiger partial charge in [0.1, 0.15) is 6.61 Å². The van der Waals surface area contributed by atoms with Crippen LogP contribution in [-0.4, -0.2) is 23.6 Å². The average Bonchev–Trinajstić information content (AvgIpc) is 2.28. The summed E-state index contributed by atoms with van der Waals surface area (Å²) in [5, 5.41) is 0.955. The standard InChI is InChI=1S/C10H10Cl3NO3/c1-16-14(8-5-3-2-4-6-8)9(15)17-7-10(11,12)13/h2-6H,7H2,1H3. The number of carbonyl (C=O) groups excluding carboxylic acids is 1. The van der Waals surface area contributed by atoms with Gasteiger partial charge in [-0.1, -0.05) is 53.0 Å². The molecule has 0 saturated heterocycles. The van der Waals surface area contributed by atoms with Gasteiger partial charge < -0.3 is 4.74 Å². The van der Waals surface area contributed by atoms with E-state index in [1.54, 1.807) is 24.3 Å². The molecule has 0 bridgehead atoms. The third-order valence-corrected chi connectivity index (χ3v) is 2.03. The molecule has 4 nitrogen and oxygen atoms in total. The number of alkyl halides is 3. The highest BCUT2D eigenvalue weighted by atomic mass is 35.6. The molecule has 0 saturated carbocycles. The first-order valence-electron chi connectivity index (χ1n) is 4.57. The Morgan fingerprint density at radius 2 is 1.88 bits per heavy atom. The molecule has 94 valence electrons. The number of anilines is 1. The molecule has 17 heavy (non-hydrogen) atoms. The Morgan fingerprint density at radius 1 is 1.29 bits per heavy atom. The number of amides is 1. The summed E-state index contributed by atoms with van der Waals surface area (Å²) in [6.07, 6.45) is -0.759. The zero-order valence-electron chi connectivity index (χ0n) is 8.90. The number of benzene rings is 1. The Balaban J connectivity index is 2.66. The van der Waals surface area contributed by atoms with Crippen LogP contribution in [0.15, 0.2) is 30.3 Å². The molecule has 0 aliphatic heterocycles. The van der Waals surface area contributed by atoms with Gasteiger partial charge in [0.25, 0.3) is 0 Å². The van der Waals surface area contributed by atoms with Gasteiger partial charge in [0.15, 0.2) is 0 Å². The number of carbonyl (C=O) groups is 1. The van der Waals surface area contributed by atoms with Gasteiger partial charge in [-0.3, -0.25) is 4.84 Å². The van der Waals surface area contributed by atoms with E-state index in [9.17, 15) is 4.79 Å². The average molecular weight is 299 g/mol. The fourth-order valence-corrected chi connectivity index (χ4v) is 1.21. The highest BCUT2D eigenvalue weighted by Gasteiger charge is 2.25. The quantitative estimate of drug-likeness (QED) is 0.632. The van der Waals surface area contributed by atoms with E-state index in [4.69, 9.17) is 44.4 Å². The summed E-state index contributed by atoms with van der Waals surface area (Å²) in [6.45, 7) is -0.358. The number of hydrogen-bond acceptors (Lipinski definition) is 3. The molecule has 0 heterocycles. The van der Waals surface area contributed by atoms with Crippen LogP contribution in [0.4, 0.5) is 10.5 Å². The molecule has 0 unspecified atom stereocenters. The number of hydroxylamine groups is 1. The monoisotopic (exact) mass is 297 g/mol. The second-order valence-electron chi connectivity index (χ2n) is 2.98. The molecule has 0 spiro atoms. The molecule has 0 aromatic heterocycles. The summed E-state index contributed by atoms with van der Waals surface area (Å²) < 4.78 is 3.13. The van der Waals surface area contributed by atoms with Crippen LogP contribution in [0.2, 0.25) is 0 Å². The van der Waals surface area contributed by atoms with E-state index in [-0.39, 0.29) is 6.61 Å². The first-order chi connectivity index (χ1) is 7.94. The van der Waals surface area contributed by atoms with E-state index < -0.39 is 9.89 Å². The Kier molecular flexibility index (Phi) is 5.33. The van der Waals surface area contributed by atoms with Crippen LogP contribution < -0.4 is 5.06 Å². The number of ether oxygens (including phenoxy) is 1. The van der Waals surface area contributed by atoms with Crippen molar-refractivity contribution in [1.29, 1.82) is 0 Å². The van der Waals surface area contributed by atoms with Crippen molar-refractivity contribution in [1.82, 2.24) is 0 Å². The highest BCUT2D eigenvalue weighted by molar-refractivity contribution is 6.67. The molecule has 0 aliphatic rings. The topological polar surface area (TPSA) is 38.8 Å². The molecule has 1 rings (SSSR count). The van der Waals surface area contributed by atoms with E-state index in [0.717, 1.165) is 5.06 Å². The lowest BCUT2D eigenvalue weighted by Crippen LogP contribution is -2.32. The molecular weight excluding hydrogens is 288 g/mol. The van der Waals surface area contributed by atoms with Crippen LogP contribution in [-0.2, 0) is 9.57 Å². The number of para-hydroxylation sites is 1. The van der Waals surface area contributed by atoms with E-state index >= 15 is 0 Å². The van der Waals surface area contributed by atoms with Crippen molar-refractivity contribution in [2.45, 2.75) is 3.79 Å². The first kappa shape index (κ1) is 14.4. The smallest absolute Gasteiger partial charge is 0.438 e. The number of nitrogens with zero attached hydrogens (tertiary/aromatic N) is 1. The van der Waals surface area contributed by atoms with E-state index in [0.29, 0.717) is 5.69 Å². The van der Waals surface area contributed by atoms with Crippen LogP contribution in [0.25, 0.3) is 0 Å². The van der Waals surface area contributed by atoms with E-state index in [2.05, 4.69) is 0 Å². The summed E-state index contributed by atoms with van der Waals surface area (Å²) in [6, 6.07) is 8.68. The van der Waals surface area contributed by atoms with Gasteiger partial charge in [-0.05, 0) is 12.1 Å². The number of hydrogen-bond donors (Lipinski definition) is 0. The number of rotatable bonds is 3. The van der Waals surface area contributed by atoms with Crippen molar-refractivity contribution in [2.24, 2.45) is 0 Å². The normalized spacial score (nSPS) is 11.1. The second kappa shape index (κ2) is 6.31. The minimum absolute atomic E-state index is 0.358. The zero-order chi connectivity index (χ0) is 12.9. The van der Waals surface area contributed by atoms with Gasteiger partial charge in [-0.2, -0.15) is 5.06 Å².